The van der Waals surface area contributed by atoms with Gasteiger partial charge in [-0.05, 0) is 31.9 Å². The Labute approximate surface area is 125 Å². The summed E-state index contributed by atoms with van der Waals surface area (Å²) in [4.78, 5) is 23.3. The Balaban J connectivity index is 0.000000300. The Morgan fingerprint density at radius 3 is 2.24 bits per heavy atom. The van der Waals surface area contributed by atoms with E-state index in [1.165, 1.54) is 32.1 Å². The topological polar surface area (TPSA) is 119 Å². The molecule has 6 nitrogen and oxygen atoms in total. The molecule has 0 amide bonds. The number of aromatic nitrogens is 1. The number of carbonyl (C=O) groups excluding carboxylic acids is 1. The van der Waals surface area contributed by atoms with Crippen LogP contribution in [0.4, 0.5) is 0 Å². The summed E-state index contributed by atoms with van der Waals surface area (Å²) in [6.45, 7) is 1.58. The molecule has 1 fully saturated rings. The van der Waals surface area contributed by atoms with Crippen LogP contribution in [0.2, 0.25) is 0 Å². The third-order valence-corrected chi connectivity index (χ3v) is 2.86. The quantitative estimate of drug-likeness (QED) is 0.711. The van der Waals surface area contributed by atoms with Crippen LogP contribution in [0, 0.1) is 6.92 Å². The standard InChI is InChI=1S/C7H7NO.C6H13N.C2H5NO2/c1-6-3-2-4-7(5-9)8-6;7-6-4-2-1-3-5-6;3-1-2(4)5/h2-5H,1H3;6H,1-5,7H2;1,3H2,(H,4,5). The Hall–Kier alpha value is -1.79. The van der Waals surface area contributed by atoms with Gasteiger partial charge in [-0.3, -0.25) is 14.6 Å². The predicted octanol–water partition coefficient (Wildman–Crippen LogP) is 1.51. The molecule has 1 aromatic rings. The van der Waals surface area contributed by atoms with Gasteiger partial charge in [0, 0.05) is 11.7 Å². The SMILES string of the molecule is Cc1cccc(C=O)n1.NC1CCCCC1.NCC(=O)O. The van der Waals surface area contributed by atoms with E-state index in [2.05, 4.69) is 10.7 Å². The first-order valence-corrected chi connectivity index (χ1v) is 7.05. The molecule has 6 heteroatoms. The highest BCUT2D eigenvalue weighted by Crippen LogP contribution is 2.14. The molecule has 1 aliphatic carbocycles. The number of rotatable bonds is 2. The molecule has 0 saturated heterocycles. The fourth-order valence-corrected chi connectivity index (χ4v) is 1.76. The Bertz CT molecular complexity index is 418. The van der Waals surface area contributed by atoms with Crippen LogP contribution in [0.1, 0.15) is 48.3 Å². The van der Waals surface area contributed by atoms with E-state index >= 15 is 0 Å². The Kier molecular flexibility index (Phi) is 11.0. The summed E-state index contributed by atoms with van der Waals surface area (Å²) >= 11 is 0. The zero-order valence-corrected chi connectivity index (χ0v) is 12.5. The van der Waals surface area contributed by atoms with Crippen LogP contribution in [-0.2, 0) is 4.79 Å². The van der Waals surface area contributed by atoms with Gasteiger partial charge < -0.3 is 16.6 Å². The second-order valence-corrected chi connectivity index (χ2v) is 4.82. The van der Waals surface area contributed by atoms with Crippen molar-refractivity contribution < 1.29 is 14.7 Å². The molecule has 1 aliphatic rings. The predicted molar refractivity (Wildman–Crippen MR) is 82.1 cm³/mol. The van der Waals surface area contributed by atoms with Crippen LogP contribution in [0.5, 0.6) is 0 Å². The van der Waals surface area contributed by atoms with Gasteiger partial charge in [0.15, 0.2) is 6.29 Å². The second-order valence-electron chi connectivity index (χ2n) is 4.82. The number of carboxylic acid groups (broad SMARTS) is 1. The lowest BCUT2D eigenvalue weighted by molar-refractivity contribution is -0.135. The molecule has 0 atom stereocenters. The average molecular weight is 295 g/mol. The van der Waals surface area contributed by atoms with Crippen molar-refractivity contribution in [2.45, 2.75) is 45.1 Å². The maximum atomic E-state index is 10.1. The number of pyridine rings is 1. The number of hydrogen-bond donors (Lipinski definition) is 3. The fourth-order valence-electron chi connectivity index (χ4n) is 1.76. The number of hydrogen-bond acceptors (Lipinski definition) is 5. The van der Waals surface area contributed by atoms with E-state index in [0.29, 0.717) is 11.7 Å². The molecule has 0 spiro atoms. The van der Waals surface area contributed by atoms with Crippen LogP contribution in [0.3, 0.4) is 0 Å². The number of nitrogens with zero attached hydrogens (tertiary/aromatic N) is 1. The van der Waals surface area contributed by atoms with Crippen molar-refractivity contribution in [1.29, 1.82) is 0 Å². The summed E-state index contributed by atoms with van der Waals surface area (Å²) in [7, 11) is 0. The fraction of sp³-hybridized carbons (Fsp3) is 0.533. The number of aliphatic carboxylic acids is 1. The van der Waals surface area contributed by atoms with Gasteiger partial charge >= 0.3 is 5.97 Å². The van der Waals surface area contributed by atoms with Crippen LogP contribution in [-0.4, -0.2) is 34.9 Å². The van der Waals surface area contributed by atoms with Crippen LogP contribution in [0.25, 0.3) is 0 Å². The Morgan fingerprint density at radius 2 is 1.95 bits per heavy atom. The van der Waals surface area contributed by atoms with Crippen LogP contribution >= 0.6 is 0 Å². The first-order chi connectivity index (χ1) is 9.99. The first kappa shape index (κ1) is 19.2. The molecule has 5 N–H and O–H groups in total. The van der Waals surface area contributed by atoms with Gasteiger partial charge in [0.1, 0.15) is 5.69 Å². The number of aldehydes is 1. The molecule has 1 aromatic heterocycles. The van der Waals surface area contributed by atoms with E-state index in [-0.39, 0.29) is 6.54 Å². The maximum Gasteiger partial charge on any atom is 0.317 e. The molecule has 1 heterocycles. The maximum absolute atomic E-state index is 10.1. The minimum Gasteiger partial charge on any atom is -0.480 e. The van der Waals surface area contributed by atoms with Gasteiger partial charge in [-0.15, -0.1) is 0 Å². The number of nitrogens with two attached hydrogens (primary N) is 2. The summed E-state index contributed by atoms with van der Waals surface area (Å²) in [6.07, 6.45) is 7.41. The molecule has 0 radical (unpaired) electrons. The molecular weight excluding hydrogens is 270 g/mol. The average Bonchev–Trinajstić information content (AvgIpc) is 2.49. The van der Waals surface area contributed by atoms with Crippen LogP contribution < -0.4 is 11.5 Å². The van der Waals surface area contributed by atoms with Gasteiger partial charge in [0.2, 0.25) is 0 Å². The van der Waals surface area contributed by atoms with Gasteiger partial charge in [-0.25, -0.2) is 0 Å². The van der Waals surface area contributed by atoms with Crippen LogP contribution in [0.15, 0.2) is 18.2 Å². The largest absolute Gasteiger partial charge is 0.480 e. The van der Waals surface area contributed by atoms with E-state index in [0.717, 1.165) is 12.0 Å². The first-order valence-electron chi connectivity index (χ1n) is 7.05. The zero-order valence-electron chi connectivity index (χ0n) is 12.5. The van der Waals surface area contributed by atoms with Crippen molar-refractivity contribution in [3.8, 4) is 0 Å². The monoisotopic (exact) mass is 295 g/mol. The smallest absolute Gasteiger partial charge is 0.317 e. The highest BCUT2D eigenvalue weighted by molar-refractivity contribution is 5.71. The van der Waals surface area contributed by atoms with Crippen molar-refractivity contribution >= 4 is 12.3 Å². The number of carbonyl (C=O) groups is 2. The van der Waals surface area contributed by atoms with Crippen molar-refractivity contribution in [2.24, 2.45) is 11.5 Å². The molecule has 2 rings (SSSR count). The number of aryl methyl sites for hydroxylation is 1. The molecule has 118 valence electrons. The van der Waals surface area contributed by atoms with E-state index in [1.54, 1.807) is 6.07 Å². The second kappa shape index (κ2) is 12.0. The molecule has 0 aromatic carbocycles. The van der Waals surface area contributed by atoms with E-state index < -0.39 is 5.97 Å². The third-order valence-electron chi connectivity index (χ3n) is 2.86. The van der Waals surface area contributed by atoms with E-state index in [1.807, 2.05) is 19.1 Å². The molecule has 0 bridgehead atoms. The zero-order chi connectivity index (χ0) is 16.1. The van der Waals surface area contributed by atoms with Gasteiger partial charge in [0.05, 0.1) is 6.54 Å². The van der Waals surface area contributed by atoms with Gasteiger partial charge in [0.25, 0.3) is 0 Å². The molecule has 1 saturated carbocycles. The highest BCUT2D eigenvalue weighted by Gasteiger charge is 2.06. The van der Waals surface area contributed by atoms with Gasteiger partial charge in [-0.1, -0.05) is 25.3 Å². The van der Waals surface area contributed by atoms with Crippen molar-refractivity contribution in [3.05, 3.63) is 29.6 Å². The summed E-state index contributed by atoms with van der Waals surface area (Å²) in [5.74, 6) is -0.968. The molecule has 21 heavy (non-hydrogen) atoms. The van der Waals surface area contributed by atoms with Crippen molar-refractivity contribution in [1.82, 2.24) is 4.98 Å². The van der Waals surface area contributed by atoms with E-state index in [9.17, 15) is 9.59 Å². The third kappa shape index (κ3) is 11.7. The van der Waals surface area contributed by atoms with E-state index in [4.69, 9.17) is 10.8 Å². The summed E-state index contributed by atoms with van der Waals surface area (Å²) in [5.41, 5.74) is 11.6. The molecular formula is C15H25N3O3. The minimum atomic E-state index is -0.968. The minimum absolute atomic E-state index is 0.278. The highest BCUT2D eigenvalue weighted by atomic mass is 16.4. The summed E-state index contributed by atoms with van der Waals surface area (Å²) < 4.78 is 0. The number of carboxylic acids is 1. The molecule has 0 aliphatic heterocycles. The normalized spacial score (nSPS) is 14.0. The lowest BCUT2D eigenvalue weighted by Crippen LogP contribution is -2.22. The van der Waals surface area contributed by atoms with Gasteiger partial charge in [-0.2, -0.15) is 0 Å². The van der Waals surface area contributed by atoms with Crippen molar-refractivity contribution in [3.63, 3.8) is 0 Å². The Morgan fingerprint density at radius 1 is 1.38 bits per heavy atom. The summed E-state index contributed by atoms with van der Waals surface area (Å²) in [6, 6.07) is 5.88. The molecule has 0 unspecified atom stereocenters. The summed E-state index contributed by atoms with van der Waals surface area (Å²) in [5, 5.41) is 7.60. The van der Waals surface area contributed by atoms with Crippen molar-refractivity contribution in [2.75, 3.05) is 6.54 Å². The lowest BCUT2D eigenvalue weighted by Gasteiger charge is -2.15. The lowest BCUT2D eigenvalue weighted by atomic mass is 9.97.